The second-order valence-electron chi connectivity index (χ2n) is 3.26. The third-order valence-electron chi connectivity index (χ3n) is 1.89. The van der Waals surface area contributed by atoms with Gasteiger partial charge in [-0.25, -0.2) is 17.9 Å². The number of phenolic OH excluding ortho intramolecular Hbond substituents is 1. The molecule has 1 aromatic rings. The molecule has 0 atom stereocenters. The molecule has 1 amide bonds. The molecule has 0 spiro atoms. The zero-order valence-corrected chi connectivity index (χ0v) is 9.50. The number of phenols is 1. The maximum atomic E-state index is 13.2. The van der Waals surface area contributed by atoms with E-state index < -0.39 is 38.8 Å². The van der Waals surface area contributed by atoms with E-state index in [1.54, 1.807) is 0 Å². The van der Waals surface area contributed by atoms with E-state index in [4.69, 9.17) is 5.14 Å². The average molecular weight is 262 g/mol. The summed E-state index contributed by atoms with van der Waals surface area (Å²) in [6.07, 6.45) is 0. The molecule has 0 aliphatic rings. The van der Waals surface area contributed by atoms with Crippen LogP contribution in [0.3, 0.4) is 0 Å². The van der Waals surface area contributed by atoms with Crippen molar-refractivity contribution >= 4 is 15.9 Å². The number of halogens is 1. The average Bonchev–Trinajstić information content (AvgIpc) is 2.15. The Kier molecular flexibility index (Phi) is 4.02. The van der Waals surface area contributed by atoms with Gasteiger partial charge in [0.1, 0.15) is 17.1 Å². The molecule has 94 valence electrons. The van der Waals surface area contributed by atoms with Crippen molar-refractivity contribution in [2.24, 2.45) is 5.14 Å². The van der Waals surface area contributed by atoms with Crippen LogP contribution in [0.5, 0.6) is 5.75 Å². The lowest BCUT2D eigenvalue weighted by molar-refractivity contribution is 0.0949. The third kappa shape index (κ3) is 4.00. The van der Waals surface area contributed by atoms with Gasteiger partial charge in [-0.3, -0.25) is 4.79 Å². The fourth-order valence-electron chi connectivity index (χ4n) is 1.13. The number of sulfonamides is 1. The second-order valence-corrected chi connectivity index (χ2v) is 4.99. The van der Waals surface area contributed by atoms with Crippen molar-refractivity contribution in [3.8, 4) is 5.75 Å². The molecular weight excluding hydrogens is 251 g/mol. The number of carbonyl (C=O) groups is 1. The van der Waals surface area contributed by atoms with Gasteiger partial charge in [0, 0.05) is 6.54 Å². The molecule has 0 aliphatic heterocycles. The number of hydrogen-bond acceptors (Lipinski definition) is 4. The molecule has 1 aromatic carbocycles. The molecule has 0 fully saturated rings. The molecule has 8 heteroatoms. The van der Waals surface area contributed by atoms with Crippen molar-refractivity contribution in [3.63, 3.8) is 0 Å². The molecule has 0 saturated heterocycles. The zero-order chi connectivity index (χ0) is 13.1. The highest BCUT2D eigenvalue weighted by Crippen LogP contribution is 2.19. The van der Waals surface area contributed by atoms with E-state index in [2.05, 4.69) is 5.32 Å². The fourth-order valence-corrected chi connectivity index (χ4v) is 1.52. The number of amides is 1. The zero-order valence-electron chi connectivity index (χ0n) is 8.68. The van der Waals surface area contributed by atoms with Gasteiger partial charge in [0.05, 0.1) is 5.75 Å². The molecule has 0 radical (unpaired) electrons. The molecule has 0 saturated carbocycles. The SMILES string of the molecule is NS(=O)(=O)CCNC(=O)c1c(O)cccc1F. The predicted molar refractivity (Wildman–Crippen MR) is 58.4 cm³/mol. The van der Waals surface area contributed by atoms with Crippen LogP contribution in [0, 0.1) is 5.82 Å². The summed E-state index contributed by atoms with van der Waals surface area (Å²) in [6.45, 7) is -0.258. The lowest BCUT2D eigenvalue weighted by Crippen LogP contribution is -2.31. The van der Waals surface area contributed by atoms with Gasteiger partial charge in [0.2, 0.25) is 10.0 Å². The van der Waals surface area contributed by atoms with Crippen molar-refractivity contribution in [1.29, 1.82) is 0 Å². The van der Waals surface area contributed by atoms with E-state index in [0.29, 0.717) is 0 Å². The molecule has 0 aromatic heterocycles. The number of hydrogen-bond donors (Lipinski definition) is 3. The summed E-state index contributed by atoms with van der Waals surface area (Å²) in [4.78, 5) is 11.4. The molecule has 6 nitrogen and oxygen atoms in total. The molecule has 4 N–H and O–H groups in total. The molecule has 0 heterocycles. The van der Waals surface area contributed by atoms with E-state index in [1.165, 1.54) is 6.07 Å². The Bertz CT molecular complexity index is 510. The van der Waals surface area contributed by atoms with E-state index in [1.807, 2.05) is 0 Å². The summed E-state index contributed by atoms with van der Waals surface area (Å²) >= 11 is 0. The predicted octanol–water partition coefficient (Wildman–Crippen LogP) is -0.450. The number of rotatable bonds is 4. The smallest absolute Gasteiger partial charge is 0.258 e. The molecule has 17 heavy (non-hydrogen) atoms. The minimum Gasteiger partial charge on any atom is -0.507 e. The molecule has 0 bridgehead atoms. The van der Waals surface area contributed by atoms with Crippen LogP contribution in [-0.4, -0.2) is 31.7 Å². The number of aromatic hydroxyl groups is 1. The van der Waals surface area contributed by atoms with Crippen molar-refractivity contribution in [2.45, 2.75) is 0 Å². The van der Waals surface area contributed by atoms with Crippen LogP contribution < -0.4 is 10.5 Å². The van der Waals surface area contributed by atoms with E-state index in [-0.39, 0.29) is 6.54 Å². The minimum atomic E-state index is -3.69. The Labute approximate surface area is 97.3 Å². The fraction of sp³-hybridized carbons (Fsp3) is 0.222. The highest BCUT2D eigenvalue weighted by atomic mass is 32.2. The molecule has 0 unspecified atom stereocenters. The maximum Gasteiger partial charge on any atom is 0.258 e. The number of benzene rings is 1. The summed E-state index contributed by atoms with van der Waals surface area (Å²) < 4.78 is 34.4. The van der Waals surface area contributed by atoms with Crippen molar-refractivity contribution in [2.75, 3.05) is 12.3 Å². The topological polar surface area (TPSA) is 109 Å². The van der Waals surface area contributed by atoms with Crippen molar-refractivity contribution in [3.05, 3.63) is 29.6 Å². The first kappa shape index (κ1) is 13.4. The highest BCUT2D eigenvalue weighted by molar-refractivity contribution is 7.89. The Balaban J connectivity index is 2.71. The van der Waals surface area contributed by atoms with Crippen LogP contribution >= 0.6 is 0 Å². The summed E-state index contributed by atoms with van der Waals surface area (Å²) in [5.74, 6) is -2.77. The first-order chi connectivity index (χ1) is 7.81. The van der Waals surface area contributed by atoms with Gasteiger partial charge < -0.3 is 10.4 Å². The Hall–Kier alpha value is -1.67. The summed E-state index contributed by atoms with van der Waals surface area (Å²) in [5, 5.41) is 16.1. The standard InChI is InChI=1S/C9H11FN2O4S/c10-6-2-1-3-7(13)8(6)9(14)12-4-5-17(11,15)16/h1-3,13H,4-5H2,(H,12,14)(H2,11,15,16). The number of primary sulfonamides is 1. The van der Waals surface area contributed by atoms with Crippen LogP contribution in [0.1, 0.15) is 10.4 Å². The summed E-state index contributed by atoms with van der Waals surface area (Å²) in [6, 6.07) is 3.40. The maximum absolute atomic E-state index is 13.2. The minimum absolute atomic E-state index is 0.258. The monoisotopic (exact) mass is 262 g/mol. The lowest BCUT2D eigenvalue weighted by atomic mass is 10.2. The lowest BCUT2D eigenvalue weighted by Gasteiger charge is -2.06. The van der Waals surface area contributed by atoms with Crippen molar-refractivity contribution < 1.29 is 22.7 Å². The van der Waals surface area contributed by atoms with Gasteiger partial charge in [-0.15, -0.1) is 0 Å². The van der Waals surface area contributed by atoms with Crippen molar-refractivity contribution in [1.82, 2.24) is 5.32 Å². The largest absolute Gasteiger partial charge is 0.507 e. The van der Waals surface area contributed by atoms with E-state index in [9.17, 15) is 22.7 Å². The molecular formula is C9H11FN2O4S. The van der Waals surface area contributed by atoms with Gasteiger partial charge in [-0.2, -0.15) is 0 Å². The summed E-state index contributed by atoms with van der Waals surface area (Å²) in [5.41, 5.74) is -0.526. The van der Waals surface area contributed by atoms with Crippen LogP contribution in [0.2, 0.25) is 0 Å². The van der Waals surface area contributed by atoms with Crippen LogP contribution in [0.15, 0.2) is 18.2 Å². The Morgan fingerprint density at radius 1 is 1.47 bits per heavy atom. The Morgan fingerprint density at radius 2 is 2.12 bits per heavy atom. The van der Waals surface area contributed by atoms with E-state index in [0.717, 1.165) is 12.1 Å². The first-order valence-electron chi connectivity index (χ1n) is 4.57. The van der Waals surface area contributed by atoms with E-state index >= 15 is 0 Å². The normalized spacial score (nSPS) is 11.2. The third-order valence-corrected chi connectivity index (χ3v) is 2.66. The number of carbonyl (C=O) groups excluding carboxylic acids is 1. The van der Waals surface area contributed by atoms with Gasteiger partial charge >= 0.3 is 0 Å². The highest BCUT2D eigenvalue weighted by Gasteiger charge is 2.16. The van der Waals surface area contributed by atoms with Gasteiger partial charge in [-0.1, -0.05) is 6.07 Å². The second kappa shape index (κ2) is 5.11. The molecule has 1 rings (SSSR count). The summed E-state index contributed by atoms with van der Waals surface area (Å²) in [7, 11) is -3.69. The van der Waals surface area contributed by atoms with Crippen LogP contribution in [0.25, 0.3) is 0 Å². The van der Waals surface area contributed by atoms with Crippen LogP contribution in [0.4, 0.5) is 4.39 Å². The van der Waals surface area contributed by atoms with Gasteiger partial charge in [0.15, 0.2) is 0 Å². The van der Waals surface area contributed by atoms with Gasteiger partial charge in [-0.05, 0) is 12.1 Å². The molecule has 0 aliphatic carbocycles. The number of nitrogens with two attached hydrogens (primary N) is 1. The van der Waals surface area contributed by atoms with Gasteiger partial charge in [0.25, 0.3) is 5.91 Å². The number of nitrogens with one attached hydrogen (secondary N) is 1. The van der Waals surface area contributed by atoms with Crippen LogP contribution in [-0.2, 0) is 10.0 Å². The quantitative estimate of drug-likeness (QED) is 0.682. The first-order valence-corrected chi connectivity index (χ1v) is 6.29. The Morgan fingerprint density at radius 3 is 2.65 bits per heavy atom.